The Morgan fingerprint density at radius 3 is 2.87 bits per heavy atom. The minimum Gasteiger partial charge on any atom is -0.356 e. The Balaban J connectivity index is 0.00000196. The predicted octanol–water partition coefficient (Wildman–Crippen LogP) is 1.44. The van der Waals surface area contributed by atoms with Crippen LogP contribution in [0.3, 0.4) is 0 Å². The lowest BCUT2D eigenvalue weighted by molar-refractivity contribution is -0.120. The number of rotatable bonds is 6. The van der Waals surface area contributed by atoms with Crippen molar-refractivity contribution in [3.8, 4) is 0 Å². The van der Waals surface area contributed by atoms with Gasteiger partial charge in [0.25, 0.3) is 0 Å². The lowest BCUT2D eigenvalue weighted by Crippen LogP contribution is -2.27. The van der Waals surface area contributed by atoms with Gasteiger partial charge in [0.2, 0.25) is 5.91 Å². The van der Waals surface area contributed by atoms with Crippen LogP contribution in [0.1, 0.15) is 12.0 Å². The van der Waals surface area contributed by atoms with E-state index in [4.69, 9.17) is 0 Å². The number of thiophene rings is 1. The molecular formula is C10H17ClN2OS. The molecule has 1 heterocycles. The summed E-state index contributed by atoms with van der Waals surface area (Å²) in [5.74, 6) is 0.111. The van der Waals surface area contributed by atoms with Crippen molar-refractivity contribution >= 4 is 29.7 Å². The second kappa shape index (κ2) is 8.71. The van der Waals surface area contributed by atoms with E-state index in [0.717, 1.165) is 25.1 Å². The first kappa shape index (κ1) is 14.4. The maximum absolute atomic E-state index is 11.3. The van der Waals surface area contributed by atoms with E-state index >= 15 is 0 Å². The smallest absolute Gasteiger partial charge is 0.224 e. The molecule has 0 radical (unpaired) electrons. The van der Waals surface area contributed by atoms with Gasteiger partial charge in [-0.05, 0) is 42.4 Å². The first-order valence-corrected chi connectivity index (χ1v) is 5.69. The van der Waals surface area contributed by atoms with Crippen LogP contribution >= 0.6 is 23.7 Å². The van der Waals surface area contributed by atoms with Crippen molar-refractivity contribution in [1.29, 1.82) is 0 Å². The van der Waals surface area contributed by atoms with Gasteiger partial charge < -0.3 is 10.6 Å². The van der Waals surface area contributed by atoms with E-state index in [9.17, 15) is 4.79 Å². The Kier molecular flexibility index (Phi) is 8.37. The summed E-state index contributed by atoms with van der Waals surface area (Å²) in [6, 6.07) is 1.98. The molecule has 0 aliphatic carbocycles. The van der Waals surface area contributed by atoms with Crippen LogP contribution in [0.5, 0.6) is 0 Å². The van der Waals surface area contributed by atoms with Gasteiger partial charge in [-0.15, -0.1) is 12.4 Å². The van der Waals surface area contributed by atoms with Gasteiger partial charge in [-0.3, -0.25) is 4.79 Å². The molecule has 0 aromatic carbocycles. The summed E-state index contributed by atoms with van der Waals surface area (Å²) in [5, 5.41) is 9.92. The van der Waals surface area contributed by atoms with Gasteiger partial charge in [-0.2, -0.15) is 11.3 Å². The molecule has 1 rings (SSSR count). The highest BCUT2D eigenvalue weighted by Gasteiger charge is 2.01. The highest BCUT2D eigenvalue weighted by atomic mass is 35.5. The van der Waals surface area contributed by atoms with Crippen molar-refractivity contribution in [3.05, 3.63) is 22.4 Å². The van der Waals surface area contributed by atoms with Crippen LogP contribution in [0.15, 0.2) is 16.8 Å². The molecule has 2 N–H and O–H groups in total. The number of nitrogens with one attached hydrogen (secondary N) is 2. The van der Waals surface area contributed by atoms with Gasteiger partial charge >= 0.3 is 0 Å². The van der Waals surface area contributed by atoms with Gasteiger partial charge in [0.05, 0.1) is 6.42 Å². The molecule has 15 heavy (non-hydrogen) atoms. The van der Waals surface area contributed by atoms with Crippen molar-refractivity contribution in [2.45, 2.75) is 12.8 Å². The van der Waals surface area contributed by atoms with E-state index in [-0.39, 0.29) is 18.3 Å². The zero-order valence-corrected chi connectivity index (χ0v) is 10.4. The summed E-state index contributed by atoms with van der Waals surface area (Å²) in [6.45, 7) is 1.70. The number of amides is 1. The van der Waals surface area contributed by atoms with Crippen molar-refractivity contribution in [1.82, 2.24) is 10.6 Å². The number of carbonyl (C=O) groups is 1. The van der Waals surface area contributed by atoms with E-state index in [1.54, 1.807) is 11.3 Å². The molecule has 0 fully saturated rings. The molecule has 0 spiro atoms. The Morgan fingerprint density at radius 1 is 1.47 bits per heavy atom. The van der Waals surface area contributed by atoms with Crippen molar-refractivity contribution in [2.24, 2.45) is 0 Å². The van der Waals surface area contributed by atoms with E-state index in [2.05, 4.69) is 10.6 Å². The largest absolute Gasteiger partial charge is 0.356 e. The molecule has 0 aliphatic rings. The van der Waals surface area contributed by atoms with Crippen molar-refractivity contribution < 1.29 is 4.79 Å². The first-order chi connectivity index (χ1) is 6.83. The minimum atomic E-state index is 0. The molecule has 0 saturated carbocycles. The van der Waals surface area contributed by atoms with E-state index in [1.165, 1.54) is 0 Å². The Hall–Kier alpha value is -0.580. The molecule has 1 aromatic heterocycles. The molecular weight excluding hydrogens is 232 g/mol. The Bertz CT molecular complexity index is 264. The second-order valence-corrected chi connectivity index (χ2v) is 3.90. The maximum atomic E-state index is 11.3. The number of hydrogen-bond donors (Lipinski definition) is 2. The normalized spacial score (nSPS) is 9.40. The summed E-state index contributed by atoms with van der Waals surface area (Å²) in [5.41, 5.74) is 1.10. The second-order valence-electron chi connectivity index (χ2n) is 3.12. The third kappa shape index (κ3) is 6.49. The summed E-state index contributed by atoms with van der Waals surface area (Å²) in [4.78, 5) is 11.3. The number of halogens is 1. The van der Waals surface area contributed by atoms with E-state index < -0.39 is 0 Å². The van der Waals surface area contributed by atoms with Gasteiger partial charge in [0.1, 0.15) is 0 Å². The quantitative estimate of drug-likeness (QED) is 0.748. The van der Waals surface area contributed by atoms with E-state index in [0.29, 0.717) is 6.42 Å². The standard InChI is InChI=1S/C10H16N2OS.ClH/c1-11-4-2-5-12-10(13)7-9-3-6-14-8-9;/h3,6,8,11H,2,4-5,7H2,1H3,(H,12,13);1H. The Morgan fingerprint density at radius 2 is 2.27 bits per heavy atom. The molecule has 1 aromatic rings. The molecule has 0 atom stereocenters. The summed E-state index contributed by atoms with van der Waals surface area (Å²) >= 11 is 1.62. The van der Waals surface area contributed by atoms with Gasteiger partial charge in [0.15, 0.2) is 0 Å². The number of hydrogen-bond acceptors (Lipinski definition) is 3. The third-order valence-electron chi connectivity index (χ3n) is 1.87. The van der Waals surface area contributed by atoms with Crippen LogP contribution in [0.25, 0.3) is 0 Å². The third-order valence-corrected chi connectivity index (χ3v) is 2.60. The lowest BCUT2D eigenvalue weighted by atomic mass is 10.2. The van der Waals surface area contributed by atoms with Gasteiger partial charge in [-0.1, -0.05) is 0 Å². The topological polar surface area (TPSA) is 41.1 Å². The van der Waals surface area contributed by atoms with Crippen LogP contribution in [-0.2, 0) is 11.2 Å². The fourth-order valence-electron chi connectivity index (χ4n) is 1.13. The highest BCUT2D eigenvalue weighted by Crippen LogP contribution is 2.05. The molecule has 0 aliphatic heterocycles. The minimum absolute atomic E-state index is 0. The summed E-state index contributed by atoms with van der Waals surface area (Å²) < 4.78 is 0. The van der Waals surface area contributed by atoms with Crippen LogP contribution in [0, 0.1) is 0 Å². The van der Waals surface area contributed by atoms with Crippen LogP contribution < -0.4 is 10.6 Å². The van der Waals surface area contributed by atoms with E-state index in [1.807, 2.05) is 23.9 Å². The fraction of sp³-hybridized carbons (Fsp3) is 0.500. The SMILES string of the molecule is CNCCCNC(=O)Cc1ccsc1.Cl. The zero-order valence-electron chi connectivity index (χ0n) is 8.79. The zero-order chi connectivity index (χ0) is 10.2. The van der Waals surface area contributed by atoms with Crippen LogP contribution in [-0.4, -0.2) is 26.0 Å². The summed E-state index contributed by atoms with van der Waals surface area (Å²) in [7, 11) is 1.91. The molecule has 5 heteroatoms. The fourth-order valence-corrected chi connectivity index (χ4v) is 1.80. The average Bonchev–Trinajstić information content (AvgIpc) is 2.65. The molecule has 0 unspecified atom stereocenters. The average molecular weight is 249 g/mol. The number of carbonyl (C=O) groups excluding carboxylic acids is 1. The van der Waals surface area contributed by atoms with Crippen molar-refractivity contribution in [2.75, 3.05) is 20.1 Å². The molecule has 3 nitrogen and oxygen atoms in total. The summed E-state index contributed by atoms with van der Waals surface area (Å²) in [6.07, 6.45) is 1.48. The maximum Gasteiger partial charge on any atom is 0.224 e. The molecule has 0 bridgehead atoms. The Labute approximate surface area is 101 Å². The van der Waals surface area contributed by atoms with Gasteiger partial charge in [-0.25, -0.2) is 0 Å². The first-order valence-electron chi connectivity index (χ1n) is 4.75. The molecule has 1 amide bonds. The van der Waals surface area contributed by atoms with Gasteiger partial charge in [0, 0.05) is 6.54 Å². The van der Waals surface area contributed by atoms with Crippen molar-refractivity contribution in [3.63, 3.8) is 0 Å². The van der Waals surface area contributed by atoms with Crippen LogP contribution in [0.2, 0.25) is 0 Å². The molecule has 0 saturated heterocycles. The molecule has 86 valence electrons. The lowest BCUT2D eigenvalue weighted by Gasteiger charge is -2.03. The monoisotopic (exact) mass is 248 g/mol. The predicted molar refractivity (Wildman–Crippen MR) is 66.8 cm³/mol. The van der Waals surface area contributed by atoms with Crippen LogP contribution in [0.4, 0.5) is 0 Å². The highest BCUT2D eigenvalue weighted by molar-refractivity contribution is 7.07.